The minimum Gasteiger partial charge on any atom is -0.350 e. The molecule has 0 heterocycles. The van der Waals surface area contributed by atoms with E-state index in [2.05, 4.69) is 38.2 Å². The fourth-order valence-electron chi connectivity index (χ4n) is 3.14. The Balaban J connectivity index is 1.96. The molecule has 1 N–H and O–H groups in total. The highest BCUT2D eigenvalue weighted by Crippen LogP contribution is 2.22. The number of hydrogen-bond acceptors (Lipinski definition) is 3. The quantitative estimate of drug-likeness (QED) is 0.768. The average molecular weight is 403 g/mol. The van der Waals surface area contributed by atoms with E-state index >= 15 is 0 Å². The molecule has 1 amide bonds. The predicted molar refractivity (Wildman–Crippen MR) is 113 cm³/mol. The van der Waals surface area contributed by atoms with Gasteiger partial charge in [0.25, 0.3) is 0 Å². The number of carbonyl (C=O) groups excluding carboxylic acids is 1. The topological polar surface area (TPSA) is 66.5 Å². The molecule has 0 radical (unpaired) electrons. The van der Waals surface area contributed by atoms with Gasteiger partial charge in [-0.1, -0.05) is 24.3 Å². The van der Waals surface area contributed by atoms with E-state index in [1.807, 2.05) is 6.92 Å². The zero-order valence-corrected chi connectivity index (χ0v) is 18.4. The molecule has 0 spiro atoms. The maximum atomic E-state index is 12.4. The van der Waals surface area contributed by atoms with Crippen LogP contribution in [0.25, 0.3) is 0 Å². The second-order valence-corrected chi connectivity index (χ2v) is 9.67. The number of nitrogens with zero attached hydrogens (tertiary/aromatic N) is 1. The Morgan fingerprint density at radius 3 is 2.14 bits per heavy atom. The van der Waals surface area contributed by atoms with Crippen molar-refractivity contribution in [3.05, 3.63) is 64.2 Å². The smallest absolute Gasteiger partial charge is 0.242 e. The molecule has 0 unspecified atom stereocenters. The molecule has 0 bridgehead atoms. The summed E-state index contributed by atoms with van der Waals surface area (Å²) in [6.45, 7) is 8.22. The van der Waals surface area contributed by atoms with E-state index < -0.39 is 10.0 Å². The normalized spacial score (nSPS) is 12.8. The van der Waals surface area contributed by atoms with Gasteiger partial charge in [-0.2, -0.15) is 0 Å². The summed E-state index contributed by atoms with van der Waals surface area (Å²) in [5.74, 6) is -0.0184. The van der Waals surface area contributed by atoms with E-state index in [0.29, 0.717) is 12.8 Å². The van der Waals surface area contributed by atoms with Crippen molar-refractivity contribution in [2.24, 2.45) is 0 Å². The van der Waals surface area contributed by atoms with Gasteiger partial charge in [0.2, 0.25) is 15.9 Å². The third-order valence-electron chi connectivity index (χ3n) is 5.07. The predicted octanol–water partition coefficient (Wildman–Crippen LogP) is 3.67. The largest absolute Gasteiger partial charge is 0.350 e. The second-order valence-electron chi connectivity index (χ2n) is 7.51. The number of benzene rings is 2. The number of aryl methyl sites for hydroxylation is 4. The molecule has 0 aliphatic heterocycles. The van der Waals surface area contributed by atoms with Crippen LogP contribution in [0.5, 0.6) is 0 Å². The summed E-state index contributed by atoms with van der Waals surface area (Å²) in [6.07, 6.45) is 0.917. The van der Waals surface area contributed by atoms with Gasteiger partial charge in [0.1, 0.15) is 0 Å². The van der Waals surface area contributed by atoms with Crippen molar-refractivity contribution in [3.63, 3.8) is 0 Å². The number of nitrogens with one attached hydrogen (secondary N) is 1. The van der Waals surface area contributed by atoms with Crippen LogP contribution in [-0.4, -0.2) is 32.7 Å². The Labute approximate surface area is 168 Å². The molecule has 2 aromatic rings. The van der Waals surface area contributed by atoms with Crippen LogP contribution >= 0.6 is 0 Å². The summed E-state index contributed by atoms with van der Waals surface area (Å²) in [5, 5.41) is 3.06. The lowest BCUT2D eigenvalue weighted by atomic mass is 9.96. The molecule has 28 heavy (non-hydrogen) atoms. The second kappa shape index (κ2) is 8.88. The molecule has 1 atom stereocenters. The SMILES string of the molecule is Cc1cc(C)c([C@@H](C)NC(=O)CCc2ccc(S(=O)(=O)N(C)C)cc2)cc1C. The first-order valence-corrected chi connectivity index (χ1v) is 10.8. The Kier molecular flexibility index (Phi) is 7.01. The fraction of sp³-hybridized carbons (Fsp3) is 0.409. The van der Waals surface area contributed by atoms with Crippen molar-refractivity contribution in [2.45, 2.75) is 51.5 Å². The fourth-order valence-corrected chi connectivity index (χ4v) is 4.04. The van der Waals surface area contributed by atoms with E-state index in [1.54, 1.807) is 24.3 Å². The molecule has 2 aromatic carbocycles. The molecular formula is C22H30N2O3S. The van der Waals surface area contributed by atoms with Crippen molar-refractivity contribution in [3.8, 4) is 0 Å². The van der Waals surface area contributed by atoms with Crippen LogP contribution in [0.1, 0.15) is 47.2 Å². The number of sulfonamides is 1. The standard InChI is InChI=1S/C22H30N2O3S/c1-15-13-17(3)21(14-16(15)2)18(4)23-22(25)12-9-19-7-10-20(11-8-19)28(26,27)24(5)6/h7-8,10-11,13-14,18H,9,12H2,1-6H3,(H,23,25)/t18-/m1/s1. The first-order valence-electron chi connectivity index (χ1n) is 9.41. The molecule has 0 saturated heterocycles. The van der Waals surface area contributed by atoms with Crippen LogP contribution in [-0.2, 0) is 21.2 Å². The van der Waals surface area contributed by atoms with Crippen LogP contribution in [0.15, 0.2) is 41.3 Å². The molecule has 0 fully saturated rings. The maximum absolute atomic E-state index is 12.4. The Hall–Kier alpha value is -2.18. The first kappa shape index (κ1) is 22.1. The molecule has 0 saturated carbocycles. The summed E-state index contributed by atoms with van der Waals surface area (Å²) in [7, 11) is -0.416. The molecule has 0 aliphatic carbocycles. The van der Waals surface area contributed by atoms with E-state index in [1.165, 1.54) is 35.1 Å². The van der Waals surface area contributed by atoms with E-state index in [-0.39, 0.29) is 16.8 Å². The van der Waals surface area contributed by atoms with Crippen molar-refractivity contribution >= 4 is 15.9 Å². The Morgan fingerprint density at radius 2 is 1.57 bits per heavy atom. The third kappa shape index (κ3) is 5.20. The van der Waals surface area contributed by atoms with Gasteiger partial charge < -0.3 is 5.32 Å². The lowest BCUT2D eigenvalue weighted by molar-refractivity contribution is -0.121. The third-order valence-corrected chi connectivity index (χ3v) is 6.90. The lowest BCUT2D eigenvalue weighted by Gasteiger charge is -2.18. The minimum absolute atomic E-state index is 0.0184. The maximum Gasteiger partial charge on any atom is 0.242 e. The van der Waals surface area contributed by atoms with Crippen LogP contribution in [0.2, 0.25) is 0 Å². The number of amides is 1. The minimum atomic E-state index is -3.43. The highest BCUT2D eigenvalue weighted by molar-refractivity contribution is 7.89. The van der Waals surface area contributed by atoms with Gasteiger partial charge in [0, 0.05) is 20.5 Å². The van der Waals surface area contributed by atoms with Gasteiger partial charge in [-0.3, -0.25) is 4.79 Å². The van der Waals surface area contributed by atoms with Crippen molar-refractivity contribution in [1.82, 2.24) is 9.62 Å². The highest BCUT2D eigenvalue weighted by Gasteiger charge is 2.17. The summed E-state index contributed by atoms with van der Waals surface area (Å²) < 4.78 is 25.4. The zero-order valence-electron chi connectivity index (χ0n) is 17.5. The molecule has 5 nitrogen and oxygen atoms in total. The molecule has 2 rings (SSSR count). The van der Waals surface area contributed by atoms with Crippen LogP contribution in [0, 0.1) is 20.8 Å². The van der Waals surface area contributed by atoms with Crippen molar-refractivity contribution in [2.75, 3.05) is 14.1 Å². The first-order chi connectivity index (χ1) is 13.0. The van der Waals surface area contributed by atoms with Gasteiger partial charge >= 0.3 is 0 Å². The van der Waals surface area contributed by atoms with E-state index in [0.717, 1.165) is 11.1 Å². The number of carbonyl (C=O) groups is 1. The lowest BCUT2D eigenvalue weighted by Crippen LogP contribution is -2.27. The van der Waals surface area contributed by atoms with Crippen molar-refractivity contribution in [1.29, 1.82) is 0 Å². The summed E-state index contributed by atoms with van der Waals surface area (Å²) in [5.41, 5.74) is 5.71. The molecule has 0 aromatic heterocycles. The van der Waals surface area contributed by atoms with Gasteiger partial charge in [0.05, 0.1) is 10.9 Å². The molecular weight excluding hydrogens is 372 g/mol. The molecule has 6 heteroatoms. The number of hydrogen-bond donors (Lipinski definition) is 1. The van der Waals surface area contributed by atoms with Crippen LogP contribution in [0.4, 0.5) is 0 Å². The van der Waals surface area contributed by atoms with Gasteiger partial charge in [-0.15, -0.1) is 0 Å². The summed E-state index contributed by atoms with van der Waals surface area (Å²) in [4.78, 5) is 12.6. The summed E-state index contributed by atoms with van der Waals surface area (Å²) in [6, 6.07) is 10.9. The Morgan fingerprint density at radius 1 is 1.00 bits per heavy atom. The van der Waals surface area contributed by atoms with E-state index in [4.69, 9.17) is 0 Å². The Bertz CT molecular complexity index is 948. The van der Waals surface area contributed by atoms with Crippen molar-refractivity contribution < 1.29 is 13.2 Å². The van der Waals surface area contributed by atoms with Crippen LogP contribution < -0.4 is 5.32 Å². The highest BCUT2D eigenvalue weighted by atomic mass is 32.2. The monoisotopic (exact) mass is 402 g/mol. The zero-order chi connectivity index (χ0) is 21.1. The molecule has 0 aliphatic rings. The van der Waals surface area contributed by atoms with Gasteiger partial charge in [-0.25, -0.2) is 12.7 Å². The van der Waals surface area contributed by atoms with Crippen LogP contribution in [0.3, 0.4) is 0 Å². The number of rotatable bonds is 7. The molecule has 152 valence electrons. The van der Waals surface area contributed by atoms with Gasteiger partial charge in [-0.05, 0) is 74.1 Å². The average Bonchev–Trinajstić information content (AvgIpc) is 2.63. The summed E-state index contributed by atoms with van der Waals surface area (Å²) >= 11 is 0. The van der Waals surface area contributed by atoms with Gasteiger partial charge in [0.15, 0.2) is 0 Å². The van der Waals surface area contributed by atoms with E-state index in [9.17, 15) is 13.2 Å².